The van der Waals surface area contributed by atoms with Crippen molar-refractivity contribution in [1.29, 1.82) is 0 Å². The highest BCUT2D eigenvalue weighted by Gasteiger charge is 2.42. The van der Waals surface area contributed by atoms with E-state index in [1.54, 1.807) is 0 Å². The van der Waals surface area contributed by atoms with Crippen molar-refractivity contribution in [2.75, 3.05) is 11.5 Å². The number of aromatic amines is 1. The largest absolute Gasteiger partial charge is 0.328 e. The molecule has 0 radical (unpaired) electrons. The van der Waals surface area contributed by atoms with Crippen LogP contribution in [0.2, 0.25) is 0 Å². The van der Waals surface area contributed by atoms with Crippen LogP contribution in [0.3, 0.4) is 0 Å². The fourth-order valence-corrected chi connectivity index (χ4v) is 4.50. The maximum Gasteiger partial charge on any atom is 0.328 e. The number of hydrogen-bond donors (Lipinski definition) is 1. The first-order valence-corrected chi connectivity index (χ1v) is 7.55. The van der Waals surface area contributed by atoms with Gasteiger partial charge in [-0.1, -0.05) is 0 Å². The normalized spacial score (nSPS) is 25.4. The summed E-state index contributed by atoms with van der Waals surface area (Å²) < 4.78 is 24.0. The lowest BCUT2D eigenvalue weighted by Gasteiger charge is -2.24. The molecule has 1 fully saturated rings. The molecule has 1 aromatic heterocycles. The molecule has 0 aliphatic carbocycles. The van der Waals surface area contributed by atoms with Crippen LogP contribution < -0.4 is 11.2 Å². The smallest absolute Gasteiger partial charge is 0.313 e. The van der Waals surface area contributed by atoms with Gasteiger partial charge in [0, 0.05) is 6.20 Å². The molecule has 1 N–H and O–H groups in total. The molecule has 8 heteroatoms. The van der Waals surface area contributed by atoms with Crippen LogP contribution in [0.4, 0.5) is 0 Å². The minimum Gasteiger partial charge on any atom is -0.313 e. The molecule has 1 aromatic rings. The van der Waals surface area contributed by atoms with Crippen molar-refractivity contribution >= 4 is 15.6 Å². The topological polar surface area (TPSA) is 106 Å². The van der Waals surface area contributed by atoms with Gasteiger partial charge in [0.25, 0.3) is 5.56 Å². The maximum atomic E-state index is 12.2. The first-order chi connectivity index (χ1) is 8.66. The van der Waals surface area contributed by atoms with E-state index < -0.39 is 32.4 Å². The van der Waals surface area contributed by atoms with Gasteiger partial charge in [0.1, 0.15) is 0 Å². The first kappa shape index (κ1) is 13.7. The standard InChI is InChI=1S/C11H14N2O5S/c1-7(14)8-5-12-10(16)13(9(8)15)11(2)3-4-19(17,18)6-11/h5H,3-4,6H2,1-2H3,(H,12,16). The lowest BCUT2D eigenvalue weighted by molar-refractivity contribution is 0.101. The van der Waals surface area contributed by atoms with Crippen LogP contribution in [-0.2, 0) is 15.4 Å². The summed E-state index contributed by atoms with van der Waals surface area (Å²) >= 11 is 0. The van der Waals surface area contributed by atoms with E-state index in [0.29, 0.717) is 0 Å². The fourth-order valence-electron chi connectivity index (χ4n) is 2.39. The fraction of sp³-hybridized carbons (Fsp3) is 0.545. The first-order valence-electron chi connectivity index (χ1n) is 5.73. The minimum atomic E-state index is -3.27. The summed E-state index contributed by atoms with van der Waals surface area (Å²) in [5.74, 6) is -0.816. The highest BCUT2D eigenvalue weighted by atomic mass is 32.2. The Morgan fingerprint density at radius 2 is 2.05 bits per heavy atom. The van der Waals surface area contributed by atoms with Crippen molar-refractivity contribution in [2.24, 2.45) is 0 Å². The average molecular weight is 286 g/mol. The molecular weight excluding hydrogens is 272 g/mol. The molecule has 7 nitrogen and oxygen atoms in total. The molecule has 0 spiro atoms. The number of hydrogen-bond acceptors (Lipinski definition) is 5. The Hall–Kier alpha value is -1.70. The van der Waals surface area contributed by atoms with E-state index in [0.717, 1.165) is 10.8 Å². The molecule has 1 unspecified atom stereocenters. The Kier molecular flexibility index (Phi) is 3.00. The number of rotatable bonds is 2. The van der Waals surface area contributed by atoms with Gasteiger partial charge < -0.3 is 4.98 Å². The number of H-pyrrole nitrogens is 1. The molecule has 0 saturated carbocycles. The van der Waals surface area contributed by atoms with Crippen LogP contribution in [0, 0.1) is 0 Å². The van der Waals surface area contributed by atoms with Gasteiger partial charge in [-0.25, -0.2) is 13.2 Å². The Labute approximate surface area is 109 Å². The summed E-state index contributed by atoms with van der Waals surface area (Å²) in [4.78, 5) is 37.6. The van der Waals surface area contributed by atoms with Gasteiger partial charge in [0.05, 0.1) is 22.6 Å². The minimum absolute atomic E-state index is 0.0698. The maximum absolute atomic E-state index is 12.2. The monoisotopic (exact) mass is 286 g/mol. The van der Waals surface area contributed by atoms with Gasteiger partial charge in [-0.05, 0) is 20.3 Å². The third-order valence-electron chi connectivity index (χ3n) is 3.38. The van der Waals surface area contributed by atoms with Gasteiger partial charge >= 0.3 is 5.69 Å². The lowest BCUT2D eigenvalue weighted by Crippen LogP contribution is -2.49. The molecule has 1 atom stereocenters. The van der Waals surface area contributed by atoms with Crippen molar-refractivity contribution in [3.63, 3.8) is 0 Å². The van der Waals surface area contributed by atoms with Gasteiger partial charge in [-0.2, -0.15) is 0 Å². The predicted molar refractivity (Wildman–Crippen MR) is 68.2 cm³/mol. The summed E-state index contributed by atoms with van der Waals surface area (Å²) in [6, 6.07) is 0. The lowest BCUT2D eigenvalue weighted by atomic mass is 10.0. The van der Waals surface area contributed by atoms with E-state index in [2.05, 4.69) is 4.98 Å². The number of carbonyl (C=O) groups excluding carboxylic acids is 1. The van der Waals surface area contributed by atoms with Crippen molar-refractivity contribution in [3.8, 4) is 0 Å². The number of nitrogens with one attached hydrogen (secondary N) is 1. The number of Topliss-reactive ketones (excluding diaryl/α,β-unsaturated/α-hetero) is 1. The molecule has 1 aliphatic heterocycles. The second kappa shape index (κ2) is 4.16. The van der Waals surface area contributed by atoms with Crippen LogP contribution in [0.15, 0.2) is 15.8 Å². The van der Waals surface area contributed by atoms with Crippen molar-refractivity contribution in [1.82, 2.24) is 9.55 Å². The Balaban J connectivity index is 2.71. The third kappa shape index (κ3) is 2.27. The zero-order chi connectivity index (χ0) is 14.4. The van der Waals surface area contributed by atoms with Crippen LogP contribution in [0.1, 0.15) is 30.6 Å². The average Bonchev–Trinajstić information content (AvgIpc) is 2.53. The Morgan fingerprint density at radius 3 is 2.53 bits per heavy atom. The molecule has 2 rings (SSSR count). The molecule has 0 amide bonds. The van der Waals surface area contributed by atoms with E-state index in [1.807, 2.05) is 0 Å². The van der Waals surface area contributed by atoms with Gasteiger partial charge in [0.15, 0.2) is 15.6 Å². The molecular formula is C11H14N2O5S. The van der Waals surface area contributed by atoms with E-state index in [1.165, 1.54) is 13.8 Å². The number of aromatic nitrogens is 2. The van der Waals surface area contributed by atoms with Crippen molar-refractivity contribution in [2.45, 2.75) is 25.8 Å². The Bertz CT molecular complexity index is 758. The number of nitrogens with zero attached hydrogens (tertiary/aromatic N) is 1. The van der Waals surface area contributed by atoms with E-state index in [-0.39, 0.29) is 23.5 Å². The van der Waals surface area contributed by atoms with Crippen molar-refractivity contribution in [3.05, 3.63) is 32.6 Å². The zero-order valence-corrected chi connectivity index (χ0v) is 11.4. The van der Waals surface area contributed by atoms with E-state index >= 15 is 0 Å². The summed E-state index contributed by atoms with van der Waals surface area (Å²) in [6.07, 6.45) is 1.25. The summed E-state index contributed by atoms with van der Waals surface area (Å²) in [6.45, 7) is 2.76. The van der Waals surface area contributed by atoms with E-state index in [9.17, 15) is 22.8 Å². The number of carbonyl (C=O) groups is 1. The highest BCUT2D eigenvalue weighted by molar-refractivity contribution is 7.91. The highest BCUT2D eigenvalue weighted by Crippen LogP contribution is 2.28. The van der Waals surface area contributed by atoms with Gasteiger partial charge in [0.2, 0.25) is 0 Å². The van der Waals surface area contributed by atoms with Gasteiger partial charge in [-0.3, -0.25) is 14.2 Å². The second-order valence-electron chi connectivity index (χ2n) is 5.04. The molecule has 1 saturated heterocycles. The zero-order valence-electron chi connectivity index (χ0n) is 10.6. The number of sulfone groups is 1. The second-order valence-corrected chi connectivity index (χ2v) is 7.23. The van der Waals surface area contributed by atoms with Crippen molar-refractivity contribution < 1.29 is 13.2 Å². The SMILES string of the molecule is CC(=O)c1c[nH]c(=O)n(C2(C)CCS(=O)(=O)C2)c1=O. The van der Waals surface area contributed by atoms with E-state index in [4.69, 9.17) is 0 Å². The molecule has 2 heterocycles. The third-order valence-corrected chi connectivity index (χ3v) is 5.27. The van der Waals surface area contributed by atoms with Gasteiger partial charge in [-0.15, -0.1) is 0 Å². The molecule has 104 valence electrons. The molecule has 0 aromatic carbocycles. The van der Waals surface area contributed by atoms with Crippen LogP contribution in [0.5, 0.6) is 0 Å². The summed E-state index contributed by atoms with van der Waals surface area (Å²) in [5, 5.41) is 0. The molecule has 1 aliphatic rings. The quantitative estimate of drug-likeness (QED) is 0.722. The summed E-state index contributed by atoms with van der Waals surface area (Å²) in [5.41, 5.74) is -2.69. The predicted octanol–water partition coefficient (Wildman–Crippen LogP) is -0.727. The summed E-state index contributed by atoms with van der Waals surface area (Å²) in [7, 11) is -3.27. The van der Waals surface area contributed by atoms with Crippen LogP contribution >= 0.6 is 0 Å². The Morgan fingerprint density at radius 1 is 1.42 bits per heavy atom. The molecule has 19 heavy (non-hydrogen) atoms. The number of ketones is 1. The molecule has 0 bridgehead atoms. The van der Waals surface area contributed by atoms with Crippen LogP contribution in [-0.4, -0.2) is 35.3 Å². The van der Waals surface area contributed by atoms with Crippen LogP contribution in [0.25, 0.3) is 0 Å².